The van der Waals surface area contributed by atoms with Crippen LogP contribution >= 0.6 is 0 Å². The second kappa shape index (κ2) is 7.50. The molecule has 0 unspecified atom stereocenters. The fourth-order valence-electron chi connectivity index (χ4n) is 3.16. The van der Waals surface area contributed by atoms with E-state index in [0.717, 1.165) is 21.4 Å². The van der Waals surface area contributed by atoms with E-state index in [1.165, 1.54) is 19.2 Å². The Morgan fingerprint density at radius 1 is 0.963 bits per heavy atom. The van der Waals surface area contributed by atoms with Crippen molar-refractivity contribution in [3.05, 3.63) is 83.7 Å². The summed E-state index contributed by atoms with van der Waals surface area (Å²) < 4.78 is 28.4. The van der Waals surface area contributed by atoms with Crippen molar-refractivity contribution in [3.8, 4) is 5.69 Å². The molecule has 140 valence electrons. The fourth-order valence-corrected chi connectivity index (χ4v) is 4.31. The quantitative estimate of drug-likeness (QED) is 0.612. The molecule has 0 spiro atoms. The van der Waals surface area contributed by atoms with Crippen molar-refractivity contribution in [1.82, 2.24) is 8.87 Å². The monoisotopic (exact) mass is 382 g/mol. The molecule has 2 aromatic carbocycles. The normalized spacial score (nSPS) is 11.7. The SMILES string of the molecule is Cc1cc(C(=O)CN(C)S(=O)(=O)c2ccccc2)c(C)n1-c1ccccc1. The molecule has 0 aliphatic rings. The van der Waals surface area contributed by atoms with Gasteiger partial charge in [-0.25, -0.2) is 8.42 Å². The number of carbonyl (C=O) groups excluding carboxylic acids is 1. The number of rotatable bonds is 6. The zero-order valence-corrected chi connectivity index (χ0v) is 16.4. The van der Waals surface area contributed by atoms with Crippen LogP contribution in [0.1, 0.15) is 21.7 Å². The summed E-state index contributed by atoms with van der Waals surface area (Å²) in [7, 11) is -2.28. The number of hydrogen-bond acceptors (Lipinski definition) is 3. The molecule has 0 aliphatic carbocycles. The molecule has 27 heavy (non-hydrogen) atoms. The first kappa shape index (κ1) is 19.1. The summed E-state index contributed by atoms with van der Waals surface area (Å²) in [6, 6.07) is 19.7. The molecule has 3 aromatic rings. The third kappa shape index (κ3) is 3.72. The lowest BCUT2D eigenvalue weighted by Crippen LogP contribution is -2.32. The zero-order valence-electron chi connectivity index (χ0n) is 15.6. The van der Waals surface area contributed by atoms with Gasteiger partial charge < -0.3 is 4.57 Å². The molecule has 0 saturated heterocycles. The number of hydrogen-bond donors (Lipinski definition) is 0. The van der Waals surface area contributed by atoms with Crippen LogP contribution in [0.4, 0.5) is 0 Å². The van der Waals surface area contributed by atoms with Crippen LogP contribution in [0.5, 0.6) is 0 Å². The Morgan fingerprint density at radius 3 is 2.11 bits per heavy atom. The molecule has 0 amide bonds. The first-order chi connectivity index (χ1) is 12.8. The molecule has 6 heteroatoms. The van der Waals surface area contributed by atoms with Gasteiger partial charge in [0.1, 0.15) is 0 Å². The van der Waals surface area contributed by atoms with Gasteiger partial charge in [-0.15, -0.1) is 0 Å². The van der Waals surface area contributed by atoms with Crippen molar-refractivity contribution in [2.24, 2.45) is 0 Å². The first-order valence-corrected chi connectivity index (χ1v) is 10.1. The average molecular weight is 382 g/mol. The lowest BCUT2D eigenvalue weighted by Gasteiger charge is -2.16. The average Bonchev–Trinajstić information content (AvgIpc) is 2.97. The second-order valence-corrected chi connectivity index (χ2v) is 8.50. The highest BCUT2D eigenvalue weighted by atomic mass is 32.2. The highest BCUT2D eigenvalue weighted by molar-refractivity contribution is 7.89. The van der Waals surface area contributed by atoms with Crippen molar-refractivity contribution in [2.45, 2.75) is 18.7 Å². The molecular weight excluding hydrogens is 360 g/mol. The molecule has 0 aliphatic heterocycles. The lowest BCUT2D eigenvalue weighted by molar-refractivity contribution is 0.0972. The molecular formula is C21H22N2O3S. The third-order valence-electron chi connectivity index (χ3n) is 4.56. The van der Waals surface area contributed by atoms with Crippen LogP contribution in [-0.2, 0) is 10.0 Å². The van der Waals surface area contributed by atoms with Gasteiger partial charge >= 0.3 is 0 Å². The van der Waals surface area contributed by atoms with Gasteiger partial charge in [-0.05, 0) is 44.2 Å². The Kier molecular flexibility index (Phi) is 5.30. The van der Waals surface area contributed by atoms with Crippen molar-refractivity contribution in [2.75, 3.05) is 13.6 Å². The van der Waals surface area contributed by atoms with Crippen LogP contribution in [0.3, 0.4) is 0 Å². The van der Waals surface area contributed by atoms with Crippen molar-refractivity contribution in [3.63, 3.8) is 0 Å². The number of carbonyl (C=O) groups is 1. The predicted octanol–water partition coefficient (Wildman–Crippen LogP) is 3.60. The second-order valence-electron chi connectivity index (χ2n) is 6.45. The highest BCUT2D eigenvalue weighted by Crippen LogP contribution is 2.22. The highest BCUT2D eigenvalue weighted by Gasteiger charge is 2.25. The number of benzene rings is 2. The van der Waals surface area contributed by atoms with Gasteiger partial charge in [0.05, 0.1) is 11.4 Å². The van der Waals surface area contributed by atoms with Gasteiger partial charge in [-0.3, -0.25) is 4.79 Å². The summed E-state index contributed by atoms with van der Waals surface area (Å²) in [6.45, 7) is 3.59. The standard InChI is InChI=1S/C21H22N2O3S/c1-16-14-20(17(2)23(16)18-10-6-4-7-11-18)21(24)15-22(3)27(25,26)19-12-8-5-9-13-19/h4-14H,15H2,1-3H3. The van der Waals surface area contributed by atoms with Crippen molar-refractivity contribution >= 4 is 15.8 Å². The number of likely N-dealkylation sites (N-methyl/N-ethyl adjacent to an activating group) is 1. The number of aromatic nitrogens is 1. The summed E-state index contributed by atoms with van der Waals surface area (Å²) in [6.07, 6.45) is 0. The van der Waals surface area contributed by atoms with Crippen LogP contribution in [0.15, 0.2) is 71.6 Å². The maximum atomic E-state index is 12.8. The number of para-hydroxylation sites is 1. The minimum absolute atomic E-state index is 0.176. The number of sulfonamides is 1. The van der Waals surface area contributed by atoms with Crippen LogP contribution < -0.4 is 0 Å². The van der Waals surface area contributed by atoms with E-state index in [2.05, 4.69) is 0 Å². The summed E-state index contributed by atoms with van der Waals surface area (Å²) in [5.41, 5.74) is 3.23. The van der Waals surface area contributed by atoms with Crippen LogP contribution in [0.25, 0.3) is 5.69 Å². The first-order valence-electron chi connectivity index (χ1n) is 8.61. The van der Waals surface area contributed by atoms with E-state index < -0.39 is 10.0 Å². The largest absolute Gasteiger partial charge is 0.318 e. The molecule has 0 radical (unpaired) electrons. The van der Waals surface area contributed by atoms with E-state index in [4.69, 9.17) is 0 Å². The molecule has 0 bridgehead atoms. The van der Waals surface area contributed by atoms with E-state index in [-0.39, 0.29) is 17.2 Å². The van der Waals surface area contributed by atoms with E-state index in [0.29, 0.717) is 5.56 Å². The van der Waals surface area contributed by atoms with Crippen LogP contribution in [0, 0.1) is 13.8 Å². The minimum Gasteiger partial charge on any atom is -0.318 e. The topological polar surface area (TPSA) is 59.4 Å². The number of aryl methyl sites for hydroxylation is 1. The van der Waals surface area contributed by atoms with Gasteiger partial charge in [0.25, 0.3) is 0 Å². The summed E-state index contributed by atoms with van der Waals surface area (Å²) >= 11 is 0. The molecule has 0 atom stereocenters. The van der Waals surface area contributed by atoms with Gasteiger partial charge in [-0.2, -0.15) is 4.31 Å². The molecule has 0 saturated carbocycles. The summed E-state index contributed by atoms with van der Waals surface area (Å²) in [4.78, 5) is 13.0. The van der Waals surface area contributed by atoms with Gasteiger partial charge in [0.2, 0.25) is 10.0 Å². The lowest BCUT2D eigenvalue weighted by atomic mass is 10.1. The molecule has 0 fully saturated rings. The van der Waals surface area contributed by atoms with Gasteiger partial charge in [0.15, 0.2) is 5.78 Å². The fraction of sp³-hybridized carbons (Fsp3) is 0.190. The molecule has 1 aromatic heterocycles. The Balaban J connectivity index is 1.87. The minimum atomic E-state index is -3.70. The van der Waals surface area contributed by atoms with Crippen molar-refractivity contribution < 1.29 is 13.2 Å². The molecule has 5 nitrogen and oxygen atoms in total. The molecule has 3 rings (SSSR count). The number of nitrogens with zero attached hydrogens (tertiary/aromatic N) is 2. The van der Waals surface area contributed by atoms with E-state index in [9.17, 15) is 13.2 Å². The Bertz CT molecular complexity index is 1060. The van der Waals surface area contributed by atoms with E-state index >= 15 is 0 Å². The number of ketones is 1. The van der Waals surface area contributed by atoms with E-state index in [1.54, 1.807) is 18.2 Å². The van der Waals surface area contributed by atoms with Gasteiger partial charge in [-0.1, -0.05) is 36.4 Å². The molecule has 1 heterocycles. The van der Waals surface area contributed by atoms with Crippen molar-refractivity contribution in [1.29, 1.82) is 0 Å². The van der Waals surface area contributed by atoms with Crippen LogP contribution in [-0.4, -0.2) is 36.7 Å². The Labute approximate surface area is 159 Å². The number of Topliss-reactive ketones (excluding diaryl/α,β-unsaturated/α-hetero) is 1. The maximum Gasteiger partial charge on any atom is 0.243 e. The maximum absolute atomic E-state index is 12.8. The predicted molar refractivity (Wildman–Crippen MR) is 106 cm³/mol. The Morgan fingerprint density at radius 2 is 1.52 bits per heavy atom. The third-order valence-corrected chi connectivity index (χ3v) is 6.38. The summed E-state index contributed by atoms with van der Waals surface area (Å²) in [5.74, 6) is -0.229. The smallest absolute Gasteiger partial charge is 0.243 e. The van der Waals surface area contributed by atoms with E-state index in [1.807, 2.05) is 54.8 Å². The van der Waals surface area contributed by atoms with Gasteiger partial charge in [0, 0.05) is 29.7 Å². The van der Waals surface area contributed by atoms with Crippen LogP contribution in [0.2, 0.25) is 0 Å². The Hall–Kier alpha value is -2.70. The zero-order chi connectivity index (χ0) is 19.6. The summed E-state index contributed by atoms with van der Waals surface area (Å²) in [5, 5.41) is 0. The molecule has 0 N–H and O–H groups in total.